The Morgan fingerprint density at radius 3 is 2.68 bits per heavy atom. The molecule has 0 fully saturated rings. The molecular formula is C23H25ClN2O5. The Balaban J connectivity index is 1.86. The van der Waals surface area contributed by atoms with E-state index in [0.29, 0.717) is 33.6 Å². The average molecular weight is 445 g/mol. The second kappa shape index (κ2) is 10.3. The fourth-order valence-electron chi connectivity index (χ4n) is 3.06. The highest BCUT2D eigenvalue weighted by molar-refractivity contribution is 6.32. The van der Waals surface area contributed by atoms with Gasteiger partial charge in [0.2, 0.25) is 5.43 Å². The molecule has 8 heteroatoms. The Kier molecular flexibility index (Phi) is 7.52. The minimum Gasteiger partial charge on any atom is -0.497 e. The van der Waals surface area contributed by atoms with Crippen molar-refractivity contribution in [1.82, 2.24) is 9.97 Å². The first-order valence-electron chi connectivity index (χ1n) is 10.2. The molecule has 7 nitrogen and oxygen atoms in total. The van der Waals surface area contributed by atoms with E-state index in [1.165, 1.54) is 6.20 Å². The molecule has 0 aliphatic heterocycles. The lowest BCUT2D eigenvalue weighted by Crippen LogP contribution is -2.19. The van der Waals surface area contributed by atoms with Gasteiger partial charge in [0.05, 0.1) is 29.8 Å². The van der Waals surface area contributed by atoms with E-state index in [4.69, 9.17) is 25.8 Å². The van der Waals surface area contributed by atoms with Gasteiger partial charge in [0.1, 0.15) is 28.5 Å². The number of nitrogens with zero attached hydrogens (tertiary/aromatic N) is 1. The van der Waals surface area contributed by atoms with Crippen LogP contribution in [0.3, 0.4) is 0 Å². The molecular weight excluding hydrogens is 420 g/mol. The largest absolute Gasteiger partial charge is 0.497 e. The first-order chi connectivity index (χ1) is 14.9. The standard InChI is InChI=1S/C23H25ClN2O5/c1-4-5-6-7-10-30-23(28)17-13-25-22-16(21(17)27)12-20(14(2)26-22)31-19-9-8-15(29-3)11-18(19)24/h8-9,11-13H,4-7,10H2,1-3H3,(H,25,26,27). The van der Waals surface area contributed by atoms with Crippen molar-refractivity contribution >= 4 is 28.6 Å². The maximum absolute atomic E-state index is 12.9. The van der Waals surface area contributed by atoms with Gasteiger partial charge < -0.3 is 19.2 Å². The normalized spacial score (nSPS) is 10.8. The van der Waals surface area contributed by atoms with Crippen molar-refractivity contribution in [3.63, 3.8) is 0 Å². The molecule has 2 heterocycles. The average Bonchev–Trinajstić information content (AvgIpc) is 2.76. The fraction of sp³-hybridized carbons (Fsp3) is 0.348. The van der Waals surface area contributed by atoms with E-state index in [-0.39, 0.29) is 17.6 Å². The molecule has 31 heavy (non-hydrogen) atoms. The second-order valence-electron chi connectivity index (χ2n) is 7.09. The lowest BCUT2D eigenvalue weighted by Gasteiger charge is -2.12. The summed E-state index contributed by atoms with van der Waals surface area (Å²) in [4.78, 5) is 32.6. The monoisotopic (exact) mass is 444 g/mol. The van der Waals surface area contributed by atoms with Crippen LogP contribution in [0.25, 0.3) is 11.0 Å². The molecule has 0 unspecified atom stereocenters. The van der Waals surface area contributed by atoms with Crippen LogP contribution in [0.5, 0.6) is 17.2 Å². The zero-order chi connectivity index (χ0) is 22.4. The van der Waals surface area contributed by atoms with Crippen molar-refractivity contribution in [3.8, 4) is 17.2 Å². The zero-order valence-electron chi connectivity index (χ0n) is 17.8. The topological polar surface area (TPSA) is 90.5 Å². The molecule has 1 aromatic carbocycles. The summed E-state index contributed by atoms with van der Waals surface area (Å²) in [6.07, 6.45) is 5.27. The van der Waals surface area contributed by atoms with Crippen LogP contribution in [0.15, 0.2) is 35.3 Å². The Morgan fingerprint density at radius 2 is 1.97 bits per heavy atom. The van der Waals surface area contributed by atoms with Crippen LogP contribution in [-0.4, -0.2) is 29.7 Å². The number of aromatic amines is 1. The number of hydrogen-bond donors (Lipinski definition) is 1. The maximum Gasteiger partial charge on any atom is 0.343 e. The van der Waals surface area contributed by atoms with Crippen LogP contribution in [0, 0.1) is 6.92 Å². The van der Waals surface area contributed by atoms with E-state index >= 15 is 0 Å². The molecule has 164 valence electrons. The third-order valence-corrected chi connectivity index (χ3v) is 5.11. The molecule has 0 saturated heterocycles. The summed E-state index contributed by atoms with van der Waals surface area (Å²) in [7, 11) is 1.55. The summed E-state index contributed by atoms with van der Waals surface area (Å²) in [5.74, 6) is 0.696. The summed E-state index contributed by atoms with van der Waals surface area (Å²) < 4.78 is 16.3. The van der Waals surface area contributed by atoms with Crippen LogP contribution in [-0.2, 0) is 4.74 Å². The quantitative estimate of drug-likeness (QED) is 0.350. The van der Waals surface area contributed by atoms with E-state index in [2.05, 4.69) is 16.9 Å². The molecule has 0 spiro atoms. The first-order valence-corrected chi connectivity index (χ1v) is 10.5. The maximum atomic E-state index is 12.9. The molecule has 0 aliphatic rings. The van der Waals surface area contributed by atoms with Gasteiger partial charge in [-0.15, -0.1) is 0 Å². The summed E-state index contributed by atoms with van der Waals surface area (Å²) in [5, 5.41) is 0.582. The molecule has 0 bridgehead atoms. The van der Waals surface area contributed by atoms with Crippen molar-refractivity contribution in [2.45, 2.75) is 39.5 Å². The van der Waals surface area contributed by atoms with E-state index < -0.39 is 11.4 Å². The predicted octanol–water partition coefficient (Wildman–Crippen LogP) is 5.42. The van der Waals surface area contributed by atoms with Crippen LogP contribution in [0.1, 0.15) is 48.7 Å². The Hall–Kier alpha value is -3.06. The van der Waals surface area contributed by atoms with Crippen molar-refractivity contribution in [1.29, 1.82) is 0 Å². The van der Waals surface area contributed by atoms with Crippen molar-refractivity contribution in [2.75, 3.05) is 13.7 Å². The van der Waals surface area contributed by atoms with Crippen molar-refractivity contribution in [2.24, 2.45) is 0 Å². The molecule has 0 aliphatic carbocycles. The predicted molar refractivity (Wildman–Crippen MR) is 120 cm³/mol. The molecule has 3 aromatic rings. The van der Waals surface area contributed by atoms with Crippen LogP contribution >= 0.6 is 11.6 Å². The number of aryl methyl sites for hydroxylation is 1. The van der Waals surface area contributed by atoms with E-state index in [1.54, 1.807) is 38.3 Å². The number of pyridine rings is 2. The Labute approximate surface area is 185 Å². The van der Waals surface area contributed by atoms with Crippen LogP contribution < -0.4 is 14.9 Å². The smallest absolute Gasteiger partial charge is 0.343 e. The Bertz CT molecular complexity index is 1140. The SMILES string of the molecule is CCCCCCOC(=O)c1c[nH]c2nc(C)c(Oc3ccc(OC)cc3Cl)cc2c1=O. The zero-order valence-corrected chi connectivity index (χ0v) is 18.5. The highest BCUT2D eigenvalue weighted by atomic mass is 35.5. The summed E-state index contributed by atoms with van der Waals surface area (Å²) in [6.45, 7) is 4.15. The number of esters is 1. The molecule has 0 saturated carbocycles. The number of carbonyl (C=O) groups excluding carboxylic acids is 1. The molecule has 3 rings (SSSR count). The van der Waals surface area contributed by atoms with Gasteiger partial charge in [0.15, 0.2) is 0 Å². The number of hydrogen-bond acceptors (Lipinski definition) is 6. The van der Waals surface area contributed by atoms with Gasteiger partial charge in [-0.2, -0.15) is 0 Å². The fourth-order valence-corrected chi connectivity index (χ4v) is 3.27. The number of rotatable bonds is 9. The third-order valence-electron chi connectivity index (χ3n) is 4.82. The summed E-state index contributed by atoms with van der Waals surface area (Å²) >= 11 is 6.25. The van der Waals surface area contributed by atoms with Crippen LogP contribution in [0.4, 0.5) is 0 Å². The van der Waals surface area contributed by atoms with Gasteiger partial charge in [0.25, 0.3) is 0 Å². The van der Waals surface area contributed by atoms with E-state index in [1.807, 2.05) is 0 Å². The van der Waals surface area contributed by atoms with Gasteiger partial charge in [-0.05, 0) is 31.5 Å². The van der Waals surface area contributed by atoms with Gasteiger partial charge in [0, 0.05) is 12.3 Å². The highest BCUT2D eigenvalue weighted by Gasteiger charge is 2.17. The number of nitrogens with one attached hydrogen (secondary N) is 1. The molecule has 2 aromatic heterocycles. The number of fused-ring (bicyclic) bond motifs is 1. The summed E-state index contributed by atoms with van der Waals surface area (Å²) in [6, 6.07) is 6.56. The van der Waals surface area contributed by atoms with Crippen LogP contribution in [0.2, 0.25) is 5.02 Å². The number of halogens is 1. The van der Waals surface area contributed by atoms with Crippen molar-refractivity contribution in [3.05, 3.63) is 57.0 Å². The minimum atomic E-state index is -0.652. The number of aromatic nitrogens is 2. The number of unbranched alkanes of at least 4 members (excludes halogenated alkanes) is 3. The first kappa shape index (κ1) is 22.6. The van der Waals surface area contributed by atoms with Gasteiger partial charge in [-0.25, -0.2) is 9.78 Å². The second-order valence-corrected chi connectivity index (χ2v) is 7.50. The third kappa shape index (κ3) is 5.35. The van der Waals surface area contributed by atoms with E-state index in [9.17, 15) is 9.59 Å². The lowest BCUT2D eigenvalue weighted by molar-refractivity contribution is 0.0496. The molecule has 1 N–H and O–H groups in total. The number of benzene rings is 1. The number of methoxy groups -OCH3 is 1. The van der Waals surface area contributed by atoms with Crippen molar-refractivity contribution < 1.29 is 19.0 Å². The number of ether oxygens (including phenoxy) is 3. The minimum absolute atomic E-state index is 0.0675. The van der Waals surface area contributed by atoms with Gasteiger partial charge in [-0.1, -0.05) is 37.8 Å². The number of carbonyl (C=O) groups is 1. The molecule has 0 amide bonds. The molecule has 0 radical (unpaired) electrons. The van der Waals surface area contributed by atoms with Gasteiger partial charge in [-0.3, -0.25) is 4.79 Å². The molecule has 0 atom stereocenters. The van der Waals surface area contributed by atoms with Gasteiger partial charge >= 0.3 is 5.97 Å². The highest BCUT2D eigenvalue weighted by Crippen LogP contribution is 2.34. The number of H-pyrrole nitrogens is 1. The Morgan fingerprint density at radius 1 is 1.16 bits per heavy atom. The lowest BCUT2D eigenvalue weighted by atomic mass is 10.2. The van der Waals surface area contributed by atoms with E-state index in [0.717, 1.165) is 25.7 Å². The summed E-state index contributed by atoms with van der Waals surface area (Å²) in [5.41, 5.74) is 0.379.